The minimum Gasteiger partial charge on any atom is -0.383 e. The van der Waals surface area contributed by atoms with E-state index in [0.29, 0.717) is 22.3 Å². The SMILES string of the molecule is COCCN(CC(=O)N(CC(=O)N(CCOC)CC(=O)N(CC(=O)NCC(=O)N(C)CC(=O)N(CC(=O)N(CCOC)CC(=O)N(CC(=O)N(CCOC)CC(N)=O)Cc1ccccc1)Cc1ccccc1)Cc1ccccc1)Cc1ccccc1)C(C)=O. The highest BCUT2D eigenvalue weighted by Crippen LogP contribution is 2.13. The zero-order valence-electron chi connectivity index (χ0n) is 51.8. The molecule has 0 fully saturated rings. The van der Waals surface area contributed by atoms with Crippen molar-refractivity contribution >= 4 is 65.0 Å². The van der Waals surface area contributed by atoms with E-state index in [1.54, 1.807) is 121 Å². The Morgan fingerprint density at radius 2 is 0.607 bits per heavy atom. The Hall–Kier alpha value is -9.11. The van der Waals surface area contributed by atoms with Crippen LogP contribution in [0.1, 0.15) is 29.2 Å². The molecule has 89 heavy (non-hydrogen) atoms. The van der Waals surface area contributed by atoms with E-state index in [2.05, 4.69) is 5.32 Å². The number of methoxy groups -OCH3 is 4. The third kappa shape index (κ3) is 26.8. The topological polar surface area (TPSA) is 292 Å². The lowest BCUT2D eigenvalue weighted by Gasteiger charge is -2.31. The van der Waals surface area contributed by atoms with Crippen LogP contribution in [0.4, 0.5) is 0 Å². The van der Waals surface area contributed by atoms with Crippen LogP contribution in [0.25, 0.3) is 0 Å². The van der Waals surface area contributed by atoms with Gasteiger partial charge >= 0.3 is 0 Å². The van der Waals surface area contributed by atoms with E-state index in [9.17, 15) is 52.7 Å². The number of ether oxygens (including phenoxy) is 4. The van der Waals surface area contributed by atoms with Crippen molar-refractivity contribution in [1.29, 1.82) is 0 Å². The Bertz CT molecular complexity index is 2910. The number of carbonyl (C=O) groups is 11. The maximum atomic E-state index is 14.4. The van der Waals surface area contributed by atoms with Crippen molar-refractivity contribution in [3.05, 3.63) is 144 Å². The summed E-state index contributed by atoms with van der Waals surface area (Å²) in [5.74, 6) is -6.90. The molecule has 0 saturated heterocycles. The van der Waals surface area contributed by atoms with Crippen LogP contribution in [0.2, 0.25) is 0 Å². The molecule has 4 aromatic carbocycles. The van der Waals surface area contributed by atoms with Crippen molar-refractivity contribution in [3.63, 3.8) is 0 Å². The highest BCUT2D eigenvalue weighted by Gasteiger charge is 2.31. The van der Waals surface area contributed by atoms with Gasteiger partial charge in [-0.3, -0.25) is 52.7 Å². The number of nitrogens with one attached hydrogen (secondary N) is 1. The van der Waals surface area contributed by atoms with Gasteiger partial charge in [-0.2, -0.15) is 0 Å². The first-order valence-corrected chi connectivity index (χ1v) is 28.9. The standard InChI is InChI=1S/C63H85N11O15/c1-49(75)67(27-31-86-3)43-61(83)73(38-52-23-15-9-16-24-52)48-60(82)69(29-33-88-5)44-62(84)71(36-50-19-11-7-12-20-50)41-55(77)65-35-56(78)66(2)42-57(79)72(37-51-21-13-8-14-22-51)47-59(81)70(30-34-89-6)45-63(85)74(39-53-25-17-10-18-26-53)46-58(80)68(28-32-87-4)40-54(64)76/h7-26H,27-48H2,1-6H3,(H2,64,76)(H,65,77). The molecule has 0 spiro atoms. The van der Waals surface area contributed by atoms with Gasteiger partial charge in [0.15, 0.2) is 0 Å². The van der Waals surface area contributed by atoms with Crippen molar-refractivity contribution in [2.24, 2.45) is 5.73 Å². The van der Waals surface area contributed by atoms with Crippen LogP contribution in [0, 0.1) is 0 Å². The van der Waals surface area contributed by atoms with E-state index in [4.69, 9.17) is 24.7 Å². The fraction of sp³-hybridized carbons (Fsp3) is 0.444. The molecular formula is C63H85N11O15. The van der Waals surface area contributed by atoms with E-state index in [0.717, 1.165) is 4.90 Å². The number of likely N-dealkylation sites (N-methyl/N-ethyl adjacent to an activating group) is 1. The monoisotopic (exact) mass is 1240 g/mol. The molecule has 26 nitrogen and oxygen atoms in total. The van der Waals surface area contributed by atoms with E-state index < -0.39 is 118 Å². The molecule has 0 aliphatic carbocycles. The van der Waals surface area contributed by atoms with Crippen molar-refractivity contribution in [2.75, 3.05) is 154 Å². The minimum absolute atomic E-state index is 0.00157. The number of benzene rings is 4. The molecule has 0 radical (unpaired) electrons. The van der Waals surface area contributed by atoms with Gasteiger partial charge in [-0.05, 0) is 22.3 Å². The summed E-state index contributed by atoms with van der Waals surface area (Å²) in [4.78, 5) is 162. The lowest BCUT2D eigenvalue weighted by Crippen LogP contribution is -2.52. The molecular weight excluding hydrogens is 1150 g/mol. The molecule has 0 aromatic heterocycles. The van der Waals surface area contributed by atoms with E-state index in [1.807, 2.05) is 0 Å². The number of carbonyl (C=O) groups excluding carboxylic acids is 11. The van der Waals surface area contributed by atoms with Gasteiger partial charge < -0.3 is 74.1 Å². The summed E-state index contributed by atoms with van der Waals surface area (Å²) in [5, 5.41) is 2.54. The van der Waals surface area contributed by atoms with Crippen LogP contribution in [0.5, 0.6) is 0 Å². The average Bonchev–Trinajstić information content (AvgIpc) is 3.20. The number of nitrogens with two attached hydrogens (primary N) is 1. The second-order valence-corrected chi connectivity index (χ2v) is 20.8. The van der Waals surface area contributed by atoms with Crippen molar-refractivity contribution < 1.29 is 71.7 Å². The average molecular weight is 1240 g/mol. The lowest BCUT2D eigenvalue weighted by atomic mass is 10.2. The second-order valence-electron chi connectivity index (χ2n) is 20.8. The molecule has 0 heterocycles. The smallest absolute Gasteiger partial charge is 0.242 e. The first-order valence-electron chi connectivity index (χ1n) is 28.9. The Morgan fingerprint density at radius 3 is 0.910 bits per heavy atom. The third-order valence-electron chi connectivity index (χ3n) is 13.9. The van der Waals surface area contributed by atoms with Gasteiger partial charge in [-0.1, -0.05) is 121 Å². The van der Waals surface area contributed by atoms with Gasteiger partial charge in [0, 0.05) is 94.8 Å². The van der Waals surface area contributed by atoms with Crippen molar-refractivity contribution in [1.82, 2.24) is 49.4 Å². The fourth-order valence-corrected chi connectivity index (χ4v) is 8.87. The van der Waals surface area contributed by atoms with Crippen LogP contribution in [0.3, 0.4) is 0 Å². The lowest BCUT2D eigenvalue weighted by molar-refractivity contribution is -0.148. The van der Waals surface area contributed by atoms with Gasteiger partial charge in [-0.25, -0.2) is 0 Å². The molecule has 0 saturated carbocycles. The molecule has 0 aliphatic heterocycles. The van der Waals surface area contributed by atoms with Gasteiger partial charge in [0.2, 0.25) is 65.0 Å². The van der Waals surface area contributed by atoms with E-state index in [-0.39, 0.29) is 91.2 Å². The first-order chi connectivity index (χ1) is 42.7. The van der Waals surface area contributed by atoms with Crippen LogP contribution >= 0.6 is 0 Å². The maximum Gasteiger partial charge on any atom is 0.242 e. The summed E-state index contributed by atoms with van der Waals surface area (Å²) in [6, 6.07) is 35.3. The summed E-state index contributed by atoms with van der Waals surface area (Å²) in [5.41, 5.74) is 8.12. The Balaban J connectivity index is 1.50. The molecule has 0 atom stereocenters. The highest BCUT2D eigenvalue weighted by atomic mass is 16.5. The maximum absolute atomic E-state index is 14.4. The van der Waals surface area contributed by atoms with Crippen LogP contribution in [-0.4, -0.2) is 263 Å². The molecule has 3 N–H and O–H groups in total. The molecule has 11 amide bonds. The summed E-state index contributed by atoms with van der Waals surface area (Å²) in [6.45, 7) is -3.58. The Kier molecular flexibility index (Phi) is 32.2. The minimum atomic E-state index is -0.765. The number of amides is 11. The number of rotatable bonds is 40. The summed E-state index contributed by atoms with van der Waals surface area (Å²) in [7, 11) is 7.08. The Labute approximate surface area is 520 Å². The third-order valence-corrected chi connectivity index (χ3v) is 13.9. The van der Waals surface area contributed by atoms with E-state index in [1.165, 1.54) is 81.6 Å². The molecule has 26 heteroatoms. The van der Waals surface area contributed by atoms with Gasteiger partial charge in [0.1, 0.15) is 19.6 Å². The van der Waals surface area contributed by atoms with Crippen LogP contribution in [-0.2, 0) is 97.9 Å². The molecule has 0 aliphatic rings. The number of hydrogen-bond donors (Lipinski definition) is 2. The zero-order valence-corrected chi connectivity index (χ0v) is 51.8. The predicted octanol–water partition coefficient (Wildman–Crippen LogP) is 0.0814. The molecule has 482 valence electrons. The van der Waals surface area contributed by atoms with E-state index >= 15 is 0 Å². The number of primary amides is 1. The quantitative estimate of drug-likeness (QED) is 0.0597. The number of nitrogens with zero attached hydrogens (tertiary/aromatic N) is 9. The first kappa shape index (κ1) is 72.4. The van der Waals surface area contributed by atoms with Gasteiger partial charge in [-0.15, -0.1) is 0 Å². The molecule has 4 aromatic rings. The number of hydrogen-bond acceptors (Lipinski definition) is 15. The van der Waals surface area contributed by atoms with Gasteiger partial charge in [0.25, 0.3) is 0 Å². The zero-order chi connectivity index (χ0) is 65.1. The molecule has 0 unspecified atom stereocenters. The summed E-state index contributed by atoms with van der Waals surface area (Å²) in [6.07, 6.45) is 0. The second kappa shape index (κ2) is 39.6. The van der Waals surface area contributed by atoms with Crippen molar-refractivity contribution in [3.8, 4) is 0 Å². The highest BCUT2D eigenvalue weighted by molar-refractivity contribution is 5.94. The van der Waals surface area contributed by atoms with Crippen molar-refractivity contribution in [2.45, 2.75) is 33.1 Å². The molecule has 0 bridgehead atoms. The van der Waals surface area contributed by atoms with Gasteiger partial charge in [0.05, 0.1) is 72.2 Å². The molecule has 4 rings (SSSR count). The largest absolute Gasteiger partial charge is 0.383 e. The van der Waals surface area contributed by atoms with Crippen LogP contribution in [0.15, 0.2) is 121 Å². The Morgan fingerprint density at radius 1 is 0.348 bits per heavy atom. The van der Waals surface area contributed by atoms with Crippen LogP contribution < -0.4 is 11.1 Å². The fourth-order valence-electron chi connectivity index (χ4n) is 8.87. The normalized spacial score (nSPS) is 10.7. The predicted molar refractivity (Wildman–Crippen MR) is 327 cm³/mol. The summed E-state index contributed by atoms with van der Waals surface area (Å²) < 4.78 is 20.8. The summed E-state index contributed by atoms with van der Waals surface area (Å²) >= 11 is 0.